The monoisotopic (exact) mass is 309 g/mol. The lowest BCUT2D eigenvalue weighted by molar-refractivity contribution is 1.28. The van der Waals surface area contributed by atoms with Gasteiger partial charge in [-0.2, -0.15) is 0 Å². The molecule has 0 aliphatic carbocycles. The highest BCUT2D eigenvalue weighted by molar-refractivity contribution is 6.03. The zero-order valence-corrected chi connectivity index (χ0v) is 13.7. The molecule has 3 aromatic carbocycles. The molecule has 0 amide bonds. The fourth-order valence-corrected chi connectivity index (χ4v) is 3.26. The van der Waals surface area contributed by atoms with Crippen molar-refractivity contribution in [1.82, 2.24) is 4.98 Å². The average Bonchev–Trinajstić information content (AvgIpc) is 2.97. The second-order valence-corrected chi connectivity index (χ2v) is 6.01. The largest absolute Gasteiger partial charge is 0.358 e. The van der Waals surface area contributed by atoms with Gasteiger partial charge in [-0.25, -0.2) is 0 Å². The highest BCUT2D eigenvalue weighted by Gasteiger charge is 2.14. The summed E-state index contributed by atoms with van der Waals surface area (Å²) in [6.45, 7) is 2.15. The number of benzene rings is 3. The molecule has 0 fully saturated rings. The summed E-state index contributed by atoms with van der Waals surface area (Å²) in [4.78, 5) is 3.52. The van der Waals surface area contributed by atoms with E-state index in [1.54, 1.807) is 0 Å². The van der Waals surface area contributed by atoms with E-state index in [0.29, 0.717) is 0 Å². The van der Waals surface area contributed by atoms with Crippen molar-refractivity contribution in [1.29, 1.82) is 0 Å². The van der Waals surface area contributed by atoms with Gasteiger partial charge < -0.3 is 4.98 Å². The van der Waals surface area contributed by atoms with Crippen LogP contribution in [0.15, 0.2) is 84.9 Å². The maximum atomic E-state index is 3.52. The average molecular weight is 309 g/mol. The summed E-state index contributed by atoms with van der Waals surface area (Å²) < 4.78 is 0. The molecule has 1 heterocycles. The SMILES string of the molecule is Cc1[nH]c2ccccc2c1/C(=C/c1ccccc1)c1ccccc1. The van der Waals surface area contributed by atoms with Crippen LogP contribution in [-0.4, -0.2) is 4.98 Å². The molecule has 0 aliphatic rings. The third kappa shape index (κ3) is 2.65. The van der Waals surface area contributed by atoms with Crippen LogP contribution in [-0.2, 0) is 0 Å². The lowest BCUT2D eigenvalue weighted by Crippen LogP contribution is -1.90. The smallest absolute Gasteiger partial charge is 0.0462 e. The molecule has 1 aromatic heterocycles. The molecule has 0 saturated heterocycles. The van der Waals surface area contributed by atoms with Gasteiger partial charge in [0.05, 0.1) is 0 Å². The molecule has 1 nitrogen and oxygen atoms in total. The molecule has 0 radical (unpaired) electrons. The molecule has 4 aromatic rings. The van der Waals surface area contributed by atoms with Gasteiger partial charge in [-0.15, -0.1) is 0 Å². The lowest BCUT2D eigenvalue weighted by Gasteiger charge is -2.10. The molecule has 0 bridgehead atoms. The summed E-state index contributed by atoms with van der Waals surface area (Å²) in [7, 11) is 0. The van der Waals surface area contributed by atoms with Crippen molar-refractivity contribution in [2.24, 2.45) is 0 Å². The Bertz CT molecular complexity index is 992. The molecule has 1 N–H and O–H groups in total. The molecule has 116 valence electrons. The Kier molecular flexibility index (Phi) is 3.76. The number of fused-ring (bicyclic) bond motifs is 1. The standard InChI is InChI=1S/C23H19N/c1-17-23(20-14-8-9-15-22(20)24-17)21(19-12-6-3-7-13-19)16-18-10-4-2-5-11-18/h2-16,24H,1H3/b21-16+. The first-order chi connectivity index (χ1) is 11.8. The van der Waals surface area contributed by atoms with Crippen LogP contribution in [0.4, 0.5) is 0 Å². The molecule has 1 heteroatoms. The Morgan fingerprint density at radius 1 is 0.750 bits per heavy atom. The van der Waals surface area contributed by atoms with Gasteiger partial charge in [-0.1, -0.05) is 78.9 Å². The maximum absolute atomic E-state index is 3.52. The van der Waals surface area contributed by atoms with Gasteiger partial charge in [-0.05, 0) is 35.8 Å². The molecule has 0 aliphatic heterocycles. The molecule has 0 atom stereocenters. The Hall–Kier alpha value is -3.06. The predicted octanol–water partition coefficient (Wildman–Crippen LogP) is 6.07. The van der Waals surface area contributed by atoms with Crippen molar-refractivity contribution in [3.05, 3.63) is 107 Å². The van der Waals surface area contributed by atoms with E-state index in [2.05, 4.69) is 103 Å². The van der Waals surface area contributed by atoms with E-state index in [4.69, 9.17) is 0 Å². The molecule has 0 saturated carbocycles. The van der Waals surface area contributed by atoms with Gasteiger partial charge in [0.15, 0.2) is 0 Å². The minimum atomic E-state index is 1.18. The van der Waals surface area contributed by atoms with Crippen molar-refractivity contribution in [2.75, 3.05) is 0 Å². The Labute approximate surface area is 142 Å². The minimum absolute atomic E-state index is 1.18. The lowest BCUT2D eigenvalue weighted by atomic mass is 9.93. The van der Waals surface area contributed by atoms with Crippen LogP contribution in [0.2, 0.25) is 0 Å². The normalized spacial score (nSPS) is 11.8. The number of nitrogens with one attached hydrogen (secondary N) is 1. The zero-order valence-electron chi connectivity index (χ0n) is 13.7. The summed E-state index contributed by atoms with van der Waals surface area (Å²) in [5.74, 6) is 0. The second kappa shape index (κ2) is 6.21. The van der Waals surface area contributed by atoms with Crippen molar-refractivity contribution in [3.63, 3.8) is 0 Å². The Morgan fingerprint density at radius 3 is 2.12 bits per heavy atom. The Balaban J connectivity index is 1.99. The number of aryl methyl sites for hydroxylation is 1. The first kappa shape index (κ1) is 14.5. The van der Waals surface area contributed by atoms with E-state index >= 15 is 0 Å². The van der Waals surface area contributed by atoms with Crippen LogP contribution in [0, 0.1) is 6.92 Å². The maximum Gasteiger partial charge on any atom is 0.0462 e. The topological polar surface area (TPSA) is 15.8 Å². The quantitative estimate of drug-likeness (QED) is 0.442. The molecular formula is C23H19N. The Morgan fingerprint density at radius 2 is 1.38 bits per heavy atom. The van der Waals surface area contributed by atoms with Crippen molar-refractivity contribution in [2.45, 2.75) is 6.92 Å². The molecule has 4 rings (SSSR count). The van der Waals surface area contributed by atoms with Crippen LogP contribution in [0.1, 0.15) is 22.4 Å². The third-order valence-electron chi connectivity index (χ3n) is 4.36. The highest BCUT2D eigenvalue weighted by Crippen LogP contribution is 2.34. The fourth-order valence-electron chi connectivity index (χ4n) is 3.26. The van der Waals surface area contributed by atoms with Crippen LogP contribution >= 0.6 is 0 Å². The van der Waals surface area contributed by atoms with Crippen molar-refractivity contribution in [3.8, 4) is 0 Å². The van der Waals surface area contributed by atoms with E-state index in [1.165, 1.54) is 38.9 Å². The van der Waals surface area contributed by atoms with Gasteiger partial charge in [0.1, 0.15) is 0 Å². The van der Waals surface area contributed by atoms with Crippen LogP contribution < -0.4 is 0 Å². The van der Waals surface area contributed by atoms with Crippen molar-refractivity contribution < 1.29 is 0 Å². The third-order valence-corrected chi connectivity index (χ3v) is 4.36. The van der Waals surface area contributed by atoms with Gasteiger partial charge >= 0.3 is 0 Å². The number of para-hydroxylation sites is 1. The van der Waals surface area contributed by atoms with E-state index in [1.807, 2.05) is 0 Å². The van der Waals surface area contributed by atoms with E-state index in [0.717, 1.165) is 0 Å². The van der Waals surface area contributed by atoms with Crippen LogP contribution in [0.3, 0.4) is 0 Å². The molecule has 0 spiro atoms. The van der Waals surface area contributed by atoms with E-state index in [9.17, 15) is 0 Å². The second-order valence-electron chi connectivity index (χ2n) is 6.01. The first-order valence-corrected chi connectivity index (χ1v) is 8.23. The van der Waals surface area contributed by atoms with Gasteiger partial charge in [0, 0.05) is 22.2 Å². The summed E-state index contributed by atoms with van der Waals surface area (Å²) in [5, 5.41) is 1.26. The summed E-state index contributed by atoms with van der Waals surface area (Å²) in [6.07, 6.45) is 2.28. The number of H-pyrrole nitrogens is 1. The molecule has 24 heavy (non-hydrogen) atoms. The summed E-state index contributed by atoms with van der Waals surface area (Å²) in [5.41, 5.74) is 7.34. The van der Waals surface area contributed by atoms with Gasteiger partial charge in [0.2, 0.25) is 0 Å². The van der Waals surface area contributed by atoms with Crippen LogP contribution in [0.25, 0.3) is 22.6 Å². The number of hydrogen-bond donors (Lipinski definition) is 1. The van der Waals surface area contributed by atoms with Crippen LogP contribution in [0.5, 0.6) is 0 Å². The molecule has 0 unspecified atom stereocenters. The fraction of sp³-hybridized carbons (Fsp3) is 0.0435. The summed E-state index contributed by atoms with van der Waals surface area (Å²) >= 11 is 0. The van der Waals surface area contributed by atoms with E-state index < -0.39 is 0 Å². The predicted molar refractivity (Wildman–Crippen MR) is 103 cm³/mol. The zero-order chi connectivity index (χ0) is 16.4. The number of hydrogen-bond acceptors (Lipinski definition) is 0. The number of aromatic nitrogens is 1. The van der Waals surface area contributed by atoms with Gasteiger partial charge in [-0.3, -0.25) is 0 Å². The van der Waals surface area contributed by atoms with Gasteiger partial charge in [0.25, 0.3) is 0 Å². The number of rotatable bonds is 3. The first-order valence-electron chi connectivity index (χ1n) is 8.23. The summed E-state index contributed by atoms with van der Waals surface area (Å²) in [6, 6.07) is 29.6. The highest BCUT2D eigenvalue weighted by atomic mass is 14.7. The molecular weight excluding hydrogens is 290 g/mol. The minimum Gasteiger partial charge on any atom is -0.358 e. The van der Waals surface area contributed by atoms with Crippen molar-refractivity contribution >= 4 is 22.6 Å². The number of aromatic amines is 1. The van der Waals surface area contributed by atoms with E-state index in [-0.39, 0.29) is 0 Å².